The van der Waals surface area contributed by atoms with Gasteiger partial charge >= 0.3 is 5.97 Å². The molecule has 1 aliphatic rings. The summed E-state index contributed by atoms with van der Waals surface area (Å²) < 4.78 is 15.5. The van der Waals surface area contributed by atoms with Gasteiger partial charge in [0, 0.05) is 6.04 Å². The number of ether oxygens (including phenoxy) is 3. The van der Waals surface area contributed by atoms with Gasteiger partial charge in [-0.3, -0.25) is 4.79 Å². The lowest BCUT2D eigenvalue weighted by atomic mass is 10.1. The molecule has 3 rings (SSSR count). The van der Waals surface area contributed by atoms with Crippen molar-refractivity contribution < 1.29 is 23.8 Å². The maximum Gasteiger partial charge on any atom is 0.338 e. The van der Waals surface area contributed by atoms with E-state index in [-0.39, 0.29) is 25.3 Å². The zero-order valence-electron chi connectivity index (χ0n) is 14.6. The molecule has 2 aromatic rings. The fraction of sp³-hybridized carbons (Fsp3) is 0.300. The average molecular weight is 355 g/mol. The molecule has 0 unspecified atom stereocenters. The minimum Gasteiger partial charge on any atom is -0.454 e. The minimum atomic E-state index is -0.574. The molecule has 1 amide bonds. The second kappa shape index (κ2) is 8.38. The number of fused-ring (bicyclic) bond motifs is 1. The SMILES string of the molecule is C[C@@H](CCc1ccccc1)NC(=O)COC(=O)c1ccc2c(c1)OCO2. The Hall–Kier alpha value is -3.02. The van der Waals surface area contributed by atoms with Gasteiger partial charge in [-0.25, -0.2) is 4.79 Å². The number of hydrogen-bond acceptors (Lipinski definition) is 5. The normalized spacial score (nSPS) is 13.1. The van der Waals surface area contributed by atoms with Crippen LogP contribution >= 0.6 is 0 Å². The molecule has 26 heavy (non-hydrogen) atoms. The Kier molecular flexibility index (Phi) is 5.73. The van der Waals surface area contributed by atoms with Crippen LogP contribution in [0.1, 0.15) is 29.3 Å². The quantitative estimate of drug-likeness (QED) is 0.773. The first kappa shape index (κ1) is 17.8. The fourth-order valence-electron chi connectivity index (χ4n) is 2.65. The van der Waals surface area contributed by atoms with Crippen molar-refractivity contribution in [2.45, 2.75) is 25.8 Å². The lowest BCUT2D eigenvalue weighted by molar-refractivity contribution is -0.124. The van der Waals surface area contributed by atoms with Gasteiger partial charge in [-0.15, -0.1) is 0 Å². The Morgan fingerprint density at radius 1 is 1.12 bits per heavy atom. The van der Waals surface area contributed by atoms with Crippen LogP contribution in [0, 0.1) is 0 Å². The van der Waals surface area contributed by atoms with E-state index in [9.17, 15) is 9.59 Å². The lowest BCUT2D eigenvalue weighted by Gasteiger charge is -2.14. The summed E-state index contributed by atoms with van der Waals surface area (Å²) in [5.41, 5.74) is 1.54. The first-order valence-corrected chi connectivity index (χ1v) is 8.52. The smallest absolute Gasteiger partial charge is 0.338 e. The van der Waals surface area contributed by atoms with Crippen LogP contribution in [-0.4, -0.2) is 31.3 Å². The Bertz CT molecular complexity index is 775. The molecule has 1 N–H and O–H groups in total. The maximum absolute atomic E-state index is 12.0. The molecule has 0 fully saturated rings. The molecule has 0 aromatic heterocycles. The fourth-order valence-corrected chi connectivity index (χ4v) is 2.65. The summed E-state index contributed by atoms with van der Waals surface area (Å²) in [6.07, 6.45) is 1.69. The van der Waals surface area contributed by atoms with Gasteiger partial charge in [0.25, 0.3) is 5.91 Å². The summed E-state index contributed by atoms with van der Waals surface area (Å²) >= 11 is 0. The molecule has 0 saturated heterocycles. The number of esters is 1. The summed E-state index contributed by atoms with van der Waals surface area (Å²) in [5.74, 6) is 0.194. The molecular formula is C20H21NO5. The van der Waals surface area contributed by atoms with Crippen molar-refractivity contribution in [3.05, 3.63) is 59.7 Å². The lowest BCUT2D eigenvalue weighted by Crippen LogP contribution is -2.36. The van der Waals surface area contributed by atoms with Gasteiger partial charge in [-0.05, 0) is 43.5 Å². The van der Waals surface area contributed by atoms with Crippen molar-refractivity contribution in [1.29, 1.82) is 0 Å². The zero-order chi connectivity index (χ0) is 18.4. The van der Waals surface area contributed by atoms with E-state index in [0.29, 0.717) is 17.1 Å². The molecule has 2 aromatic carbocycles. The number of benzene rings is 2. The van der Waals surface area contributed by atoms with Gasteiger partial charge < -0.3 is 19.5 Å². The minimum absolute atomic E-state index is 0.00745. The van der Waals surface area contributed by atoms with Crippen LogP contribution in [0.5, 0.6) is 11.5 Å². The molecule has 6 nitrogen and oxygen atoms in total. The van der Waals surface area contributed by atoms with Crippen LogP contribution in [0.15, 0.2) is 48.5 Å². The Morgan fingerprint density at radius 2 is 1.88 bits per heavy atom. The molecule has 0 bridgehead atoms. The Labute approximate surface area is 152 Å². The highest BCUT2D eigenvalue weighted by molar-refractivity contribution is 5.92. The van der Waals surface area contributed by atoms with E-state index in [2.05, 4.69) is 17.4 Å². The van der Waals surface area contributed by atoms with E-state index in [0.717, 1.165) is 12.8 Å². The highest BCUT2D eigenvalue weighted by Gasteiger charge is 2.18. The predicted molar refractivity (Wildman–Crippen MR) is 95.2 cm³/mol. The third kappa shape index (κ3) is 4.75. The van der Waals surface area contributed by atoms with Gasteiger partial charge in [0.05, 0.1) is 5.56 Å². The van der Waals surface area contributed by atoms with E-state index >= 15 is 0 Å². The number of hydrogen-bond donors (Lipinski definition) is 1. The first-order valence-electron chi connectivity index (χ1n) is 8.52. The van der Waals surface area contributed by atoms with Crippen LogP contribution in [0.3, 0.4) is 0 Å². The van der Waals surface area contributed by atoms with Crippen molar-refractivity contribution in [2.75, 3.05) is 13.4 Å². The third-order valence-electron chi connectivity index (χ3n) is 4.06. The summed E-state index contributed by atoms with van der Waals surface area (Å²) in [6, 6.07) is 14.8. The molecule has 6 heteroatoms. The van der Waals surface area contributed by atoms with Gasteiger partial charge in [-0.2, -0.15) is 0 Å². The number of nitrogens with one attached hydrogen (secondary N) is 1. The van der Waals surface area contributed by atoms with Crippen molar-refractivity contribution in [2.24, 2.45) is 0 Å². The molecule has 0 aliphatic carbocycles. The Balaban J connectivity index is 1.41. The van der Waals surface area contributed by atoms with Crippen LogP contribution in [-0.2, 0) is 16.0 Å². The summed E-state index contributed by atoms with van der Waals surface area (Å²) in [4.78, 5) is 24.0. The highest BCUT2D eigenvalue weighted by Crippen LogP contribution is 2.32. The van der Waals surface area contributed by atoms with E-state index in [1.54, 1.807) is 18.2 Å². The molecule has 1 aliphatic heterocycles. The standard InChI is InChI=1S/C20H21NO5/c1-14(7-8-15-5-3-2-4-6-15)21-19(22)12-24-20(23)16-9-10-17-18(11-16)26-13-25-17/h2-6,9-11,14H,7-8,12-13H2,1H3,(H,21,22)/t14-/m0/s1. The van der Waals surface area contributed by atoms with E-state index < -0.39 is 5.97 Å². The van der Waals surface area contributed by atoms with E-state index in [1.807, 2.05) is 25.1 Å². The van der Waals surface area contributed by atoms with Crippen LogP contribution in [0.25, 0.3) is 0 Å². The predicted octanol–water partition coefficient (Wildman–Crippen LogP) is 2.71. The summed E-state index contributed by atoms with van der Waals surface area (Å²) in [5, 5.41) is 2.84. The van der Waals surface area contributed by atoms with Crippen molar-refractivity contribution >= 4 is 11.9 Å². The molecular weight excluding hydrogens is 334 g/mol. The van der Waals surface area contributed by atoms with Crippen molar-refractivity contribution in [1.82, 2.24) is 5.32 Å². The first-order chi connectivity index (χ1) is 12.6. The largest absolute Gasteiger partial charge is 0.454 e. The van der Waals surface area contributed by atoms with Gasteiger partial charge in [0.15, 0.2) is 18.1 Å². The number of carbonyl (C=O) groups is 2. The van der Waals surface area contributed by atoms with Gasteiger partial charge in [0.2, 0.25) is 6.79 Å². The van der Waals surface area contributed by atoms with E-state index in [4.69, 9.17) is 14.2 Å². The van der Waals surface area contributed by atoms with Gasteiger partial charge in [-0.1, -0.05) is 30.3 Å². The molecule has 0 spiro atoms. The number of rotatable bonds is 7. The molecule has 0 saturated carbocycles. The number of amides is 1. The Morgan fingerprint density at radius 3 is 2.69 bits per heavy atom. The van der Waals surface area contributed by atoms with Crippen molar-refractivity contribution in [3.63, 3.8) is 0 Å². The van der Waals surface area contributed by atoms with Crippen LogP contribution in [0.2, 0.25) is 0 Å². The topological polar surface area (TPSA) is 73.9 Å². The third-order valence-corrected chi connectivity index (χ3v) is 4.06. The highest BCUT2D eigenvalue weighted by atomic mass is 16.7. The number of carbonyl (C=O) groups excluding carboxylic acids is 2. The molecule has 136 valence electrons. The summed E-state index contributed by atoms with van der Waals surface area (Å²) in [7, 11) is 0. The van der Waals surface area contributed by atoms with Crippen molar-refractivity contribution in [3.8, 4) is 11.5 Å². The zero-order valence-corrected chi connectivity index (χ0v) is 14.6. The number of aryl methyl sites for hydroxylation is 1. The van der Waals surface area contributed by atoms with Gasteiger partial charge in [0.1, 0.15) is 0 Å². The second-order valence-corrected chi connectivity index (χ2v) is 6.14. The molecule has 1 atom stereocenters. The molecule has 0 radical (unpaired) electrons. The van der Waals surface area contributed by atoms with Crippen LogP contribution in [0.4, 0.5) is 0 Å². The maximum atomic E-state index is 12.0. The van der Waals surface area contributed by atoms with Crippen LogP contribution < -0.4 is 14.8 Å². The summed E-state index contributed by atoms with van der Waals surface area (Å²) in [6.45, 7) is 1.75. The molecule has 1 heterocycles. The average Bonchev–Trinajstić information content (AvgIpc) is 3.13. The van der Waals surface area contributed by atoms with E-state index in [1.165, 1.54) is 5.56 Å². The monoisotopic (exact) mass is 355 g/mol. The second-order valence-electron chi connectivity index (χ2n) is 6.14.